The average Bonchev–Trinajstić information content (AvgIpc) is 3.08. The highest BCUT2D eigenvalue weighted by Gasteiger charge is 2.05. The van der Waals surface area contributed by atoms with Crippen molar-refractivity contribution >= 4 is 39.5 Å². The summed E-state index contributed by atoms with van der Waals surface area (Å²) in [5, 5.41) is 14.0. The smallest absolute Gasteiger partial charge is 0.175 e. The van der Waals surface area contributed by atoms with Crippen LogP contribution in [-0.4, -0.2) is 14.9 Å². The van der Waals surface area contributed by atoms with Gasteiger partial charge in [-0.25, -0.2) is 0 Å². The minimum atomic E-state index is 0.551. The van der Waals surface area contributed by atoms with Crippen LogP contribution in [0.25, 0.3) is 10.8 Å². The number of nitrogens with one attached hydrogen (secondary N) is 2. The number of thiocarbonyl (C=S) groups is 1. The fourth-order valence-corrected chi connectivity index (χ4v) is 3.70. The van der Waals surface area contributed by atoms with Gasteiger partial charge in [-0.15, -0.1) is 0 Å². The average molecular weight is 387 g/mol. The maximum atomic E-state index is 5.45. The standard InChI is InChI=1S/C23H22N4S/c1-16-10-17(2)12-20(11-16)25-23(28)26-21-13-24-27(15-21)14-19-8-5-7-18-6-3-4-9-22(18)19/h3-13,15H,14H2,1-2H3,(H2,25,26,28). The van der Waals surface area contributed by atoms with E-state index in [4.69, 9.17) is 12.2 Å². The molecule has 1 heterocycles. The van der Waals surface area contributed by atoms with Gasteiger partial charge < -0.3 is 10.6 Å². The SMILES string of the molecule is Cc1cc(C)cc(NC(=S)Nc2cnn(Cc3cccc4ccccc34)c2)c1. The second-order valence-electron chi connectivity index (χ2n) is 7.02. The van der Waals surface area contributed by atoms with Crippen LogP contribution in [0.2, 0.25) is 0 Å². The van der Waals surface area contributed by atoms with Gasteiger partial charge in [-0.3, -0.25) is 4.68 Å². The van der Waals surface area contributed by atoms with E-state index in [1.807, 2.05) is 10.9 Å². The van der Waals surface area contributed by atoms with E-state index in [0.717, 1.165) is 11.4 Å². The lowest BCUT2D eigenvalue weighted by molar-refractivity contribution is 0.690. The van der Waals surface area contributed by atoms with E-state index >= 15 is 0 Å². The number of fused-ring (bicyclic) bond motifs is 1. The monoisotopic (exact) mass is 386 g/mol. The molecule has 0 fully saturated rings. The quantitative estimate of drug-likeness (QED) is 0.454. The van der Waals surface area contributed by atoms with Crippen LogP contribution < -0.4 is 10.6 Å². The summed E-state index contributed by atoms with van der Waals surface area (Å²) in [5.74, 6) is 0. The fourth-order valence-electron chi connectivity index (χ4n) is 3.46. The summed E-state index contributed by atoms with van der Waals surface area (Å²) >= 11 is 5.45. The summed E-state index contributed by atoms with van der Waals surface area (Å²) in [4.78, 5) is 0. The van der Waals surface area contributed by atoms with E-state index in [9.17, 15) is 0 Å². The Morgan fingerprint density at radius 1 is 0.929 bits per heavy atom. The summed E-state index contributed by atoms with van der Waals surface area (Å²) in [7, 11) is 0. The highest BCUT2D eigenvalue weighted by Crippen LogP contribution is 2.20. The van der Waals surface area contributed by atoms with E-state index in [1.165, 1.54) is 27.5 Å². The molecule has 0 saturated carbocycles. The van der Waals surface area contributed by atoms with Crippen molar-refractivity contribution in [2.24, 2.45) is 0 Å². The predicted octanol–water partition coefficient (Wildman–Crippen LogP) is 5.51. The topological polar surface area (TPSA) is 41.9 Å². The maximum absolute atomic E-state index is 5.45. The highest BCUT2D eigenvalue weighted by molar-refractivity contribution is 7.80. The van der Waals surface area contributed by atoms with Crippen molar-refractivity contribution in [1.29, 1.82) is 0 Å². The lowest BCUT2D eigenvalue weighted by atomic mass is 10.0. The van der Waals surface area contributed by atoms with Crippen molar-refractivity contribution in [3.05, 3.63) is 89.7 Å². The van der Waals surface area contributed by atoms with Crippen LogP contribution in [-0.2, 0) is 6.54 Å². The van der Waals surface area contributed by atoms with Gasteiger partial charge in [-0.05, 0) is 65.7 Å². The van der Waals surface area contributed by atoms with Crippen LogP contribution in [0.5, 0.6) is 0 Å². The molecule has 4 rings (SSSR count). The van der Waals surface area contributed by atoms with Crippen LogP contribution in [0.15, 0.2) is 73.1 Å². The van der Waals surface area contributed by atoms with Gasteiger partial charge in [0.05, 0.1) is 18.4 Å². The molecule has 0 unspecified atom stereocenters. The van der Waals surface area contributed by atoms with Crippen LogP contribution in [0.1, 0.15) is 16.7 Å². The first-order valence-corrected chi connectivity index (χ1v) is 9.63. The van der Waals surface area contributed by atoms with Gasteiger partial charge in [-0.2, -0.15) is 5.10 Å². The minimum Gasteiger partial charge on any atom is -0.332 e. The summed E-state index contributed by atoms with van der Waals surface area (Å²) in [6, 6.07) is 21.1. The second kappa shape index (κ2) is 7.82. The Kier molecular flexibility index (Phi) is 5.08. The molecule has 140 valence electrons. The van der Waals surface area contributed by atoms with E-state index in [0.29, 0.717) is 11.7 Å². The molecule has 0 aliphatic heterocycles. The molecule has 5 heteroatoms. The van der Waals surface area contributed by atoms with Gasteiger partial charge in [0.15, 0.2) is 5.11 Å². The number of rotatable bonds is 4. The third-order valence-electron chi connectivity index (χ3n) is 4.58. The van der Waals surface area contributed by atoms with Crippen molar-refractivity contribution in [1.82, 2.24) is 9.78 Å². The van der Waals surface area contributed by atoms with E-state index in [-0.39, 0.29) is 0 Å². The Hall–Kier alpha value is -3.18. The molecule has 4 nitrogen and oxygen atoms in total. The van der Waals surface area contributed by atoms with E-state index < -0.39 is 0 Å². The third kappa shape index (κ3) is 4.21. The predicted molar refractivity (Wildman–Crippen MR) is 121 cm³/mol. The number of nitrogens with zero attached hydrogens (tertiary/aromatic N) is 2. The Morgan fingerprint density at radius 3 is 2.46 bits per heavy atom. The molecule has 4 aromatic rings. The van der Waals surface area contributed by atoms with Crippen molar-refractivity contribution in [3.63, 3.8) is 0 Å². The second-order valence-corrected chi connectivity index (χ2v) is 7.43. The Labute approximate surface area is 170 Å². The molecule has 0 saturated heterocycles. The zero-order valence-electron chi connectivity index (χ0n) is 15.9. The Balaban J connectivity index is 1.44. The van der Waals surface area contributed by atoms with Crippen molar-refractivity contribution < 1.29 is 0 Å². The number of hydrogen-bond donors (Lipinski definition) is 2. The van der Waals surface area contributed by atoms with Crippen molar-refractivity contribution in [2.45, 2.75) is 20.4 Å². The number of hydrogen-bond acceptors (Lipinski definition) is 2. The summed E-state index contributed by atoms with van der Waals surface area (Å²) in [6.45, 7) is 4.86. The molecule has 1 aromatic heterocycles. The molecule has 0 atom stereocenters. The number of aromatic nitrogens is 2. The minimum absolute atomic E-state index is 0.551. The van der Waals surface area contributed by atoms with Crippen LogP contribution in [0.3, 0.4) is 0 Å². The summed E-state index contributed by atoms with van der Waals surface area (Å²) in [5.41, 5.74) is 5.49. The molecule has 0 aliphatic carbocycles. The van der Waals surface area contributed by atoms with Gasteiger partial charge in [0.25, 0.3) is 0 Å². The van der Waals surface area contributed by atoms with E-state index in [1.54, 1.807) is 6.20 Å². The molecule has 0 amide bonds. The highest BCUT2D eigenvalue weighted by atomic mass is 32.1. The first-order chi connectivity index (χ1) is 13.6. The normalized spacial score (nSPS) is 10.8. The summed E-state index contributed by atoms with van der Waals surface area (Å²) in [6.07, 6.45) is 3.76. The zero-order chi connectivity index (χ0) is 19.5. The Morgan fingerprint density at radius 2 is 1.64 bits per heavy atom. The zero-order valence-corrected chi connectivity index (χ0v) is 16.8. The molecule has 2 N–H and O–H groups in total. The van der Waals surface area contributed by atoms with Crippen LogP contribution >= 0.6 is 12.2 Å². The third-order valence-corrected chi connectivity index (χ3v) is 4.79. The van der Waals surface area contributed by atoms with Gasteiger partial charge in [0, 0.05) is 11.9 Å². The van der Waals surface area contributed by atoms with E-state index in [2.05, 4.69) is 90.2 Å². The van der Waals surface area contributed by atoms with Gasteiger partial charge >= 0.3 is 0 Å². The maximum Gasteiger partial charge on any atom is 0.175 e. The van der Waals surface area contributed by atoms with Crippen LogP contribution in [0.4, 0.5) is 11.4 Å². The Bertz CT molecular complexity index is 1120. The van der Waals surface area contributed by atoms with Crippen molar-refractivity contribution in [3.8, 4) is 0 Å². The summed E-state index contributed by atoms with van der Waals surface area (Å²) < 4.78 is 1.92. The molecule has 0 bridgehead atoms. The number of benzene rings is 3. The number of anilines is 2. The molecule has 28 heavy (non-hydrogen) atoms. The van der Waals surface area contributed by atoms with Crippen molar-refractivity contribution in [2.75, 3.05) is 10.6 Å². The van der Waals surface area contributed by atoms with Gasteiger partial charge in [0.1, 0.15) is 0 Å². The molecule has 0 spiro atoms. The van der Waals surface area contributed by atoms with Gasteiger partial charge in [-0.1, -0.05) is 48.5 Å². The lowest BCUT2D eigenvalue weighted by Gasteiger charge is -2.10. The molecule has 3 aromatic carbocycles. The molecular formula is C23H22N4S. The first-order valence-electron chi connectivity index (χ1n) is 9.22. The molecule has 0 aliphatic rings. The van der Waals surface area contributed by atoms with Gasteiger partial charge in [0.2, 0.25) is 0 Å². The lowest BCUT2D eigenvalue weighted by Crippen LogP contribution is -2.18. The number of aryl methyl sites for hydroxylation is 2. The first kappa shape index (κ1) is 18.2. The largest absolute Gasteiger partial charge is 0.332 e. The molecule has 0 radical (unpaired) electrons. The molecular weight excluding hydrogens is 364 g/mol. The van der Waals surface area contributed by atoms with Crippen LogP contribution in [0, 0.1) is 13.8 Å². The fraction of sp³-hybridized carbons (Fsp3) is 0.130.